The molecule has 0 unspecified atom stereocenters. The Labute approximate surface area is 110 Å². The minimum Gasteiger partial charge on any atom is -0.477 e. The molecule has 1 aromatic heterocycles. The highest BCUT2D eigenvalue weighted by atomic mass is 32.1. The molecule has 2 N–H and O–H groups in total. The van der Waals surface area contributed by atoms with Crippen LogP contribution in [0, 0.1) is 6.92 Å². The Morgan fingerprint density at radius 1 is 1.50 bits per heavy atom. The van der Waals surface area contributed by atoms with Crippen molar-refractivity contribution in [1.29, 1.82) is 0 Å². The molecule has 2 amide bonds. The quantitative estimate of drug-likeness (QED) is 0.873. The topological polar surface area (TPSA) is 82.5 Å². The number of carbonyl (C=O) groups excluding carboxylic acids is 1. The van der Waals surface area contributed by atoms with Crippen molar-refractivity contribution >= 4 is 23.3 Å². The van der Waals surface area contributed by atoms with Crippen LogP contribution in [0.4, 0.5) is 4.79 Å². The Bertz CT molecular complexity index is 456. The van der Waals surface area contributed by atoms with Gasteiger partial charge in [0.1, 0.15) is 9.88 Å². The third-order valence-electron chi connectivity index (χ3n) is 2.52. The van der Waals surface area contributed by atoms with Crippen molar-refractivity contribution in [3.8, 4) is 0 Å². The smallest absolute Gasteiger partial charge is 0.347 e. The Morgan fingerprint density at radius 3 is 2.56 bits per heavy atom. The van der Waals surface area contributed by atoms with Gasteiger partial charge in [-0.2, -0.15) is 0 Å². The normalized spacial score (nSPS) is 10.5. The van der Waals surface area contributed by atoms with E-state index in [4.69, 9.17) is 5.11 Å². The van der Waals surface area contributed by atoms with Crippen molar-refractivity contribution in [3.05, 3.63) is 15.6 Å². The fraction of sp³-hybridized carbons (Fsp3) is 0.545. The van der Waals surface area contributed by atoms with Gasteiger partial charge in [-0.1, -0.05) is 0 Å². The number of aromatic nitrogens is 1. The summed E-state index contributed by atoms with van der Waals surface area (Å²) in [6.45, 7) is 5.71. The van der Waals surface area contributed by atoms with Gasteiger partial charge in [0, 0.05) is 13.1 Å². The average molecular weight is 271 g/mol. The molecule has 0 aromatic carbocycles. The van der Waals surface area contributed by atoms with Crippen molar-refractivity contribution in [2.24, 2.45) is 0 Å². The molecule has 18 heavy (non-hydrogen) atoms. The summed E-state index contributed by atoms with van der Waals surface area (Å²) in [5.41, 5.74) is 0.481. The fourth-order valence-corrected chi connectivity index (χ4v) is 2.08. The predicted molar refractivity (Wildman–Crippen MR) is 68.9 cm³/mol. The highest BCUT2D eigenvalue weighted by Gasteiger charge is 2.15. The van der Waals surface area contributed by atoms with Gasteiger partial charge >= 0.3 is 12.0 Å². The number of nitrogens with one attached hydrogen (secondary N) is 1. The molecular weight excluding hydrogens is 254 g/mol. The van der Waals surface area contributed by atoms with Gasteiger partial charge in [0.05, 0.1) is 12.2 Å². The summed E-state index contributed by atoms with van der Waals surface area (Å²) >= 11 is 1.09. The monoisotopic (exact) mass is 271 g/mol. The summed E-state index contributed by atoms with van der Waals surface area (Å²) in [7, 11) is 1.70. The van der Waals surface area contributed by atoms with Crippen molar-refractivity contribution in [2.75, 3.05) is 7.05 Å². The summed E-state index contributed by atoms with van der Waals surface area (Å²) < 4.78 is 0. The van der Waals surface area contributed by atoms with E-state index in [9.17, 15) is 9.59 Å². The maximum atomic E-state index is 11.7. The second-order valence-electron chi connectivity index (χ2n) is 4.19. The van der Waals surface area contributed by atoms with E-state index in [0.29, 0.717) is 10.7 Å². The van der Waals surface area contributed by atoms with E-state index < -0.39 is 5.97 Å². The lowest BCUT2D eigenvalue weighted by molar-refractivity contribution is 0.0701. The number of carboxylic acids is 1. The van der Waals surface area contributed by atoms with Crippen molar-refractivity contribution in [1.82, 2.24) is 15.2 Å². The molecule has 0 fully saturated rings. The number of aromatic carboxylic acids is 1. The number of carbonyl (C=O) groups is 2. The standard InChI is InChI=1S/C11H17N3O3S/c1-6(2)14(4)11(17)12-5-8-13-7(3)9(18-8)10(15)16/h6H,5H2,1-4H3,(H,12,17)(H,15,16). The van der Waals surface area contributed by atoms with Gasteiger partial charge in [0.15, 0.2) is 0 Å². The van der Waals surface area contributed by atoms with Gasteiger partial charge in [0.2, 0.25) is 0 Å². The minimum atomic E-state index is -0.984. The number of nitrogens with zero attached hydrogens (tertiary/aromatic N) is 2. The molecule has 0 radical (unpaired) electrons. The van der Waals surface area contributed by atoms with Crippen molar-refractivity contribution in [3.63, 3.8) is 0 Å². The highest BCUT2D eigenvalue weighted by molar-refractivity contribution is 7.13. The second-order valence-corrected chi connectivity index (χ2v) is 5.27. The number of hydrogen-bond acceptors (Lipinski definition) is 4. The number of urea groups is 1. The van der Waals surface area contributed by atoms with Gasteiger partial charge in [-0.05, 0) is 20.8 Å². The van der Waals surface area contributed by atoms with Gasteiger partial charge in [-0.15, -0.1) is 11.3 Å². The molecule has 0 atom stereocenters. The summed E-state index contributed by atoms with van der Waals surface area (Å²) in [6.07, 6.45) is 0. The van der Waals surface area contributed by atoms with Crippen molar-refractivity contribution < 1.29 is 14.7 Å². The lowest BCUT2D eigenvalue weighted by Gasteiger charge is -2.21. The zero-order chi connectivity index (χ0) is 13.9. The molecule has 0 aliphatic heterocycles. The Hall–Kier alpha value is -1.63. The Kier molecular flexibility index (Phi) is 4.66. The molecule has 1 aromatic rings. The maximum absolute atomic E-state index is 11.7. The van der Waals surface area contributed by atoms with Crippen LogP contribution in [0.5, 0.6) is 0 Å². The average Bonchev–Trinajstić information content (AvgIpc) is 2.66. The van der Waals surface area contributed by atoms with Crippen LogP contribution in [0.2, 0.25) is 0 Å². The van der Waals surface area contributed by atoms with Crippen LogP contribution >= 0.6 is 11.3 Å². The SMILES string of the molecule is Cc1nc(CNC(=O)N(C)C(C)C)sc1C(=O)O. The van der Waals surface area contributed by atoms with Crippen LogP contribution in [0.15, 0.2) is 0 Å². The highest BCUT2D eigenvalue weighted by Crippen LogP contribution is 2.17. The van der Waals surface area contributed by atoms with E-state index in [1.807, 2.05) is 13.8 Å². The van der Waals surface area contributed by atoms with Gasteiger partial charge in [-0.3, -0.25) is 0 Å². The number of thiazole rings is 1. The van der Waals surface area contributed by atoms with Crippen LogP contribution in [0.25, 0.3) is 0 Å². The Balaban J connectivity index is 2.62. The summed E-state index contributed by atoms with van der Waals surface area (Å²) in [4.78, 5) is 28.4. The second kappa shape index (κ2) is 5.81. The third kappa shape index (κ3) is 3.43. The zero-order valence-corrected chi connectivity index (χ0v) is 11.7. The molecule has 0 bridgehead atoms. The fourth-order valence-electron chi connectivity index (χ4n) is 1.24. The van der Waals surface area contributed by atoms with E-state index in [0.717, 1.165) is 11.3 Å². The molecule has 7 heteroatoms. The predicted octanol–water partition coefficient (Wildman–Crippen LogP) is 1.70. The summed E-state index contributed by atoms with van der Waals surface area (Å²) in [5, 5.41) is 12.2. The number of aryl methyl sites for hydroxylation is 1. The summed E-state index contributed by atoms with van der Waals surface area (Å²) in [6, 6.07) is -0.0904. The van der Waals surface area contributed by atoms with Crippen molar-refractivity contribution in [2.45, 2.75) is 33.4 Å². The molecule has 1 rings (SSSR count). The van der Waals surface area contributed by atoms with Gasteiger partial charge < -0.3 is 15.3 Å². The molecule has 0 saturated carbocycles. The Morgan fingerprint density at radius 2 is 2.11 bits per heavy atom. The first-order chi connectivity index (χ1) is 8.32. The third-order valence-corrected chi connectivity index (χ3v) is 3.67. The lowest BCUT2D eigenvalue weighted by atomic mass is 10.4. The molecule has 6 nitrogen and oxygen atoms in total. The first-order valence-corrected chi connectivity index (χ1v) is 6.34. The first-order valence-electron chi connectivity index (χ1n) is 5.53. The van der Waals surface area contributed by atoms with E-state index in [-0.39, 0.29) is 23.5 Å². The molecule has 1 heterocycles. The number of carboxylic acid groups (broad SMARTS) is 1. The molecule has 0 aliphatic rings. The van der Waals surface area contributed by atoms with Gasteiger partial charge in [-0.25, -0.2) is 14.6 Å². The van der Waals surface area contributed by atoms with E-state index in [1.54, 1.807) is 18.9 Å². The van der Waals surface area contributed by atoms with E-state index in [1.165, 1.54) is 0 Å². The van der Waals surface area contributed by atoms with E-state index in [2.05, 4.69) is 10.3 Å². The largest absolute Gasteiger partial charge is 0.477 e. The van der Waals surface area contributed by atoms with Gasteiger partial charge in [0.25, 0.3) is 0 Å². The molecule has 0 spiro atoms. The maximum Gasteiger partial charge on any atom is 0.347 e. The molecule has 0 aliphatic carbocycles. The van der Waals surface area contributed by atoms with Crippen LogP contribution in [-0.4, -0.2) is 40.1 Å². The number of hydrogen-bond donors (Lipinski definition) is 2. The first kappa shape index (κ1) is 14.4. The molecular formula is C11H17N3O3S. The molecule has 0 saturated heterocycles. The van der Waals surface area contributed by atoms with E-state index >= 15 is 0 Å². The van der Waals surface area contributed by atoms with Crippen LogP contribution in [-0.2, 0) is 6.54 Å². The van der Waals surface area contributed by atoms with Crippen LogP contribution in [0.1, 0.15) is 34.2 Å². The zero-order valence-electron chi connectivity index (χ0n) is 10.9. The number of rotatable bonds is 4. The lowest BCUT2D eigenvalue weighted by Crippen LogP contribution is -2.40. The van der Waals surface area contributed by atoms with Crippen LogP contribution in [0.3, 0.4) is 0 Å². The number of amides is 2. The minimum absolute atomic E-state index is 0.109. The summed E-state index contributed by atoms with van der Waals surface area (Å²) in [5.74, 6) is -0.984. The van der Waals surface area contributed by atoms with Crippen LogP contribution < -0.4 is 5.32 Å². The molecule has 100 valence electrons.